The van der Waals surface area contributed by atoms with Crippen molar-refractivity contribution >= 4 is 0 Å². The van der Waals surface area contributed by atoms with Gasteiger partial charge in [-0.15, -0.1) is 0 Å². The maximum absolute atomic E-state index is 5.22. The molecule has 1 fully saturated rings. The highest BCUT2D eigenvalue weighted by molar-refractivity contribution is 4.59. The van der Waals surface area contributed by atoms with Crippen LogP contribution in [0.15, 0.2) is 0 Å². The first-order valence-corrected chi connectivity index (χ1v) is 5.72. The van der Waals surface area contributed by atoms with Gasteiger partial charge in [0.1, 0.15) is 0 Å². The molecule has 1 rings (SSSR count). The van der Waals surface area contributed by atoms with E-state index < -0.39 is 0 Å². The summed E-state index contributed by atoms with van der Waals surface area (Å²) >= 11 is 0. The molecule has 1 N–H and O–H groups in total. The topological polar surface area (TPSA) is 21.3 Å². The summed E-state index contributed by atoms with van der Waals surface area (Å²) in [5, 5.41) is 3.21. The van der Waals surface area contributed by atoms with Crippen LogP contribution in [0.2, 0.25) is 0 Å². The highest BCUT2D eigenvalue weighted by atomic mass is 16.5. The van der Waals surface area contributed by atoms with Crippen LogP contribution in [0.1, 0.15) is 48.5 Å². The molecular weight excluding hydrogens is 162 g/mol. The monoisotopic (exact) mass is 191 g/mol. The molecule has 2 heteroatoms. The molecule has 84 valence electrons. The van der Waals surface area contributed by atoms with E-state index in [-0.39, 0.29) is 0 Å². The Morgan fingerprint density at radius 2 is 1.46 bits per heavy atom. The SMILES string of the molecule is CC.CC.CC.CC1CNCCO1. The lowest BCUT2D eigenvalue weighted by molar-refractivity contribution is 0.0410. The van der Waals surface area contributed by atoms with Gasteiger partial charge in [-0.25, -0.2) is 0 Å². The van der Waals surface area contributed by atoms with Gasteiger partial charge in [-0.05, 0) is 6.92 Å². The van der Waals surface area contributed by atoms with Gasteiger partial charge < -0.3 is 10.1 Å². The van der Waals surface area contributed by atoms with Crippen LogP contribution in [0.4, 0.5) is 0 Å². The summed E-state index contributed by atoms with van der Waals surface area (Å²) in [6, 6.07) is 0. The van der Waals surface area contributed by atoms with Crippen LogP contribution < -0.4 is 5.32 Å². The van der Waals surface area contributed by atoms with E-state index in [9.17, 15) is 0 Å². The third-order valence-corrected chi connectivity index (χ3v) is 1.11. The predicted molar refractivity (Wildman–Crippen MR) is 62.3 cm³/mol. The zero-order valence-corrected chi connectivity index (χ0v) is 10.6. The van der Waals surface area contributed by atoms with Gasteiger partial charge in [0, 0.05) is 13.1 Å². The molecule has 13 heavy (non-hydrogen) atoms. The molecule has 0 saturated carbocycles. The molecule has 1 saturated heterocycles. The lowest BCUT2D eigenvalue weighted by atomic mass is 10.3. The fraction of sp³-hybridized carbons (Fsp3) is 1.00. The maximum atomic E-state index is 5.22. The Morgan fingerprint density at radius 1 is 1.00 bits per heavy atom. The van der Waals surface area contributed by atoms with E-state index in [2.05, 4.69) is 12.2 Å². The van der Waals surface area contributed by atoms with Gasteiger partial charge in [0.15, 0.2) is 0 Å². The van der Waals surface area contributed by atoms with E-state index in [0.717, 1.165) is 19.7 Å². The van der Waals surface area contributed by atoms with Crippen molar-refractivity contribution in [2.45, 2.75) is 54.6 Å². The first-order chi connectivity index (χ1) is 6.39. The summed E-state index contributed by atoms with van der Waals surface area (Å²) in [6.07, 6.45) is 0.425. The third-order valence-electron chi connectivity index (χ3n) is 1.11. The first-order valence-electron chi connectivity index (χ1n) is 5.72. The molecule has 1 heterocycles. The normalized spacial score (nSPS) is 19.2. The average molecular weight is 191 g/mol. The number of nitrogens with one attached hydrogen (secondary N) is 1. The predicted octanol–water partition coefficient (Wildman–Crippen LogP) is 3.07. The second-order valence-corrected chi connectivity index (χ2v) is 1.89. The van der Waals surface area contributed by atoms with Gasteiger partial charge in [0.25, 0.3) is 0 Å². The molecule has 2 nitrogen and oxygen atoms in total. The summed E-state index contributed by atoms with van der Waals surface area (Å²) < 4.78 is 5.22. The molecule has 1 unspecified atom stereocenters. The molecule has 1 aliphatic heterocycles. The van der Waals surface area contributed by atoms with Crippen LogP contribution in [0, 0.1) is 0 Å². The Bertz CT molecular complexity index is 52.1. The summed E-state index contributed by atoms with van der Waals surface area (Å²) in [4.78, 5) is 0. The number of ether oxygens (including phenoxy) is 1. The lowest BCUT2D eigenvalue weighted by Gasteiger charge is -2.18. The van der Waals surface area contributed by atoms with Crippen LogP contribution in [-0.2, 0) is 4.74 Å². The minimum Gasteiger partial charge on any atom is -0.376 e. The van der Waals surface area contributed by atoms with E-state index in [1.165, 1.54) is 0 Å². The van der Waals surface area contributed by atoms with E-state index in [1.54, 1.807) is 0 Å². The van der Waals surface area contributed by atoms with Crippen LogP contribution in [0.25, 0.3) is 0 Å². The van der Waals surface area contributed by atoms with Gasteiger partial charge in [-0.3, -0.25) is 0 Å². The second-order valence-electron chi connectivity index (χ2n) is 1.89. The average Bonchev–Trinajstić information content (AvgIpc) is 2.28. The molecule has 0 aromatic rings. The number of hydrogen-bond acceptors (Lipinski definition) is 2. The van der Waals surface area contributed by atoms with Crippen LogP contribution >= 0.6 is 0 Å². The molecule has 0 amide bonds. The van der Waals surface area contributed by atoms with Crippen LogP contribution in [-0.4, -0.2) is 25.8 Å². The molecule has 0 aromatic heterocycles. The van der Waals surface area contributed by atoms with Gasteiger partial charge >= 0.3 is 0 Å². The van der Waals surface area contributed by atoms with Gasteiger partial charge in [0.05, 0.1) is 12.7 Å². The Morgan fingerprint density at radius 3 is 1.62 bits per heavy atom. The fourth-order valence-electron chi connectivity index (χ4n) is 0.697. The Balaban J connectivity index is -0.000000144. The van der Waals surface area contributed by atoms with Crippen molar-refractivity contribution in [2.24, 2.45) is 0 Å². The van der Waals surface area contributed by atoms with E-state index in [0.29, 0.717) is 6.10 Å². The Kier molecular flexibility index (Phi) is 32.5. The quantitative estimate of drug-likeness (QED) is 0.635. The second kappa shape index (κ2) is 22.7. The van der Waals surface area contributed by atoms with Gasteiger partial charge in [-0.2, -0.15) is 0 Å². The molecule has 1 aliphatic rings. The standard InChI is InChI=1S/C5H11NO.3C2H6/c1-5-4-6-2-3-7-5;3*1-2/h5-6H,2-4H2,1H3;3*1-2H3. The van der Waals surface area contributed by atoms with Crippen molar-refractivity contribution < 1.29 is 4.74 Å². The Hall–Kier alpha value is -0.0800. The molecule has 0 aliphatic carbocycles. The summed E-state index contributed by atoms with van der Waals surface area (Å²) in [6.45, 7) is 17.0. The van der Waals surface area contributed by atoms with Crippen molar-refractivity contribution in [3.05, 3.63) is 0 Å². The number of hydrogen-bond donors (Lipinski definition) is 1. The van der Waals surface area contributed by atoms with Crippen molar-refractivity contribution in [3.8, 4) is 0 Å². The fourth-order valence-corrected chi connectivity index (χ4v) is 0.697. The van der Waals surface area contributed by atoms with E-state index in [1.807, 2.05) is 41.5 Å². The van der Waals surface area contributed by atoms with Crippen molar-refractivity contribution in [3.63, 3.8) is 0 Å². The highest BCUT2D eigenvalue weighted by Gasteiger charge is 2.04. The van der Waals surface area contributed by atoms with Crippen LogP contribution in [0.5, 0.6) is 0 Å². The van der Waals surface area contributed by atoms with Crippen molar-refractivity contribution in [1.29, 1.82) is 0 Å². The minimum absolute atomic E-state index is 0.425. The van der Waals surface area contributed by atoms with Crippen LogP contribution in [0.3, 0.4) is 0 Å². The molecule has 0 bridgehead atoms. The van der Waals surface area contributed by atoms with Gasteiger partial charge in [-0.1, -0.05) is 41.5 Å². The third kappa shape index (κ3) is 18.7. The number of rotatable bonds is 0. The van der Waals surface area contributed by atoms with Crippen molar-refractivity contribution in [2.75, 3.05) is 19.7 Å². The van der Waals surface area contributed by atoms with Gasteiger partial charge in [0.2, 0.25) is 0 Å². The first kappa shape index (κ1) is 18.7. The number of morpholine rings is 1. The molecule has 0 radical (unpaired) electrons. The molecule has 0 spiro atoms. The lowest BCUT2D eigenvalue weighted by Crippen LogP contribution is -2.36. The minimum atomic E-state index is 0.425. The van der Waals surface area contributed by atoms with Crippen molar-refractivity contribution in [1.82, 2.24) is 5.32 Å². The zero-order valence-electron chi connectivity index (χ0n) is 10.6. The highest BCUT2D eigenvalue weighted by Crippen LogP contribution is 1.91. The zero-order chi connectivity index (χ0) is 11.1. The van der Waals surface area contributed by atoms with E-state index in [4.69, 9.17) is 4.74 Å². The largest absolute Gasteiger partial charge is 0.376 e. The summed E-state index contributed by atoms with van der Waals surface area (Å²) in [7, 11) is 0. The Labute approximate surface area is 85.1 Å². The summed E-state index contributed by atoms with van der Waals surface area (Å²) in [5.74, 6) is 0. The summed E-state index contributed by atoms with van der Waals surface area (Å²) in [5.41, 5.74) is 0. The molecule has 0 aromatic carbocycles. The maximum Gasteiger partial charge on any atom is 0.0672 e. The smallest absolute Gasteiger partial charge is 0.0672 e. The van der Waals surface area contributed by atoms with E-state index >= 15 is 0 Å². The molecule has 1 atom stereocenters. The molecular formula is C11H29NO.